The molecule has 0 heterocycles. The largest absolute Gasteiger partial charge is 0.493 e. The molecule has 0 radical (unpaired) electrons. The van der Waals surface area contributed by atoms with Gasteiger partial charge in [-0.25, -0.2) is 9.59 Å². The van der Waals surface area contributed by atoms with Gasteiger partial charge in [-0.3, -0.25) is 0 Å². The molecule has 3 aromatic rings. The molecule has 0 saturated heterocycles. The van der Waals surface area contributed by atoms with Crippen LogP contribution in [0.4, 0.5) is 0 Å². The lowest BCUT2D eigenvalue weighted by atomic mass is 9.87. The number of carbonyl (C=O) groups is 2. The van der Waals surface area contributed by atoms with Crippen LogP contribution in [-0.4, -0.2) is 48.6 Å². The van der Waals surface area contributed by atoms with Crippen molar-refractivity contribution >= 4 is 11.9 Å². The Morgan fingerprint density at radius 2 is 1.03 bits per heavy atom. The van der Waals surface area contributed by atoms with Gasteiger partial charge in [0.15, 0.2) is 11.5 Å². The molecule has 8 heteroatoms. The summed E-state index contributed by atoms with van der Waals surface area (Å²) in [5.74, 6) is -0.205. The molecule has 0 saturated carbocycles. The van der Waals surface area contributed by atoms with Crippen LogP contribution < -0.4 is 18.9 Å². The van der Waals surface area contributed by atoms with Crippen molar-refractivity contribution in [2.75, 3.05) is 26.4 Å². The van der Waals surface area contributed by atoms with Crippen molar-refractivity contribution in [3.05, 3.63) is 83.4 Å². The molecule has 0 aliphatic heterocycles. The van der Waals surface area contributed by atoms with Crippen LogP contribution in [0.2, 0.25) is 0 Å². The first-order chi connectivity index (χ1) is 18.2. The van der Waals surface area contributed by atoms with Gasteiger partial charge in [0, 0.05) is 12.8 Å². The van der Waals surface area contributed by atoms with E-state index in [2.05, 4.69) is 20.8 Å². The van der Waals surface area contributed by atoms with Gasteiger partial charge < -0.3 is 29.2 Å². The van der Waals surface area contributed by atoms with Crippen LogP contribution in [0.3, 0.4) is 0 Å². The van der Waals surface area contributed by atoms with Crippen molar-refractivity contribution in [1.82, 2.24) is 0 Å². The van der Waals surface area contributed by atoms with Gasteiger partial charge in [-0.05, 0) is 47.4 Å². The van der Waals surface area contributed by atoms with Gasteiger partial charge in [0.2, 0.25) is 0 Å². The van der Waals surface area contributed by atoms with E-state index in [9.17, 15) is 19.8 Å². The Labute approximate surface area is 222 Å². The van der Waals surface area contributed by atoms with Crippen molar-refractivity contribution in [2.45, 2.75) is 39.0 Å². The van der Waals surface area contributed by atoms with E-state index in [0.717, 1.165) is 5.56 Å². The van der Waals surface area contributed by atoms with Crippen LogP contribution in [0.25, 0.3) is 0 Å². The Bertz CT molecular complexity index is 1230. The van der Waals surface area contributed by atoms with E-state index in [0.29, 0.717) is 62.3 Å². The smallest absolute Gasteiger partial charge is 0.339 e. The third kappa shape index (κ3) is 8.16. The summed E-state index contributed by atoms with van der Waals surface area (Å²) in [6, 6.07) is 18.9. The number of ether oxygens (including phenoxy) is 4. The first-order valence-electron chi connectivity index (χ1n) is 12.5. The summed E-state index contributed by atoms with van der Waals surface area (Å²) in [5.41, 5.74) is 1.26. The lowest BCUT2D eigenvalue weighted by molar-refractivity contribution is 0.0680. The predicted molar refractivity (Wildman–Crippen MR) is 143 cm³/mol. The molecule has 0 bridgehead atoms. The summed E-state index contributed by atoms with van der Waals surface area (Å²) in [4.78, 5) is 22.7. The van der Waals surface area contributed by atoms with Crippen molar-refractivity contribution < 1.29 is 38.7 Å². The van der Waals surface area contributed by atoms with E-state index in [4.69, 9.17) is 18.9 Å². The summed E-state index contributed by atoms with van der Waals surface area (Å²) in [6.07, 6.45) is 1.09. The number of para-hydroxylation sites is 2. The fourth-order valence-electron chi connectivity index (χ4n) is 3.59. The van der Waals surface area contributed by atoms with Crippen LogP contribution in [0.5, 0.6) is 23.0 Å². The SMILES string of the molecule is CC(C)(C)c1ccc(OCCCOc2ccccc2C(=O)O)c(OCCCOc2ccccc2C(=O)O)c1. The number of carboxylic acid groups (broad SMARTS) is 2. The zero-order chi connectivity index (χ0) is 27.5. The maximum Gasteiger partial charge on any atom is 0.339 e. The predicted octanol–water partition coefficient (Wildman–Crippen LogP) is 6.08. The van der Waals surface area contributed by atoms with Crippen molar-refractivity contribution in [2.24, 2.45) is 0 Å². The summed E-state index contributed by atoms with van der Waals surface area (Å²) in [5, 5.41) is 18.6. The summed E-state index contributed by atoms with van der Waals surface area (Å²) in [6.45, 7) is 7.67. The number of aromatic carboxylic acids is 2. The van der Waals surface area contributed by atoms with Crippen molar-refractivity contribution in [3.63, 3.8) is 0 Å². The Morgan fingerprint density at radius 3 is 1.47 bits per heavy atom. The van der Waals surface area contributed by atoms with Gasteiger partial charge in [0.25, 0.3) is 0 Å². The maximum absolute atomic E-state index is 11.3. The number of hydrogen-bond acceptors (Lipinski definition) is 6. The Morgan fingerprint density at radius 1 is 0.605 bits per heavy atom. The molecule has 0 atom stereocenters. The van der Waals surface area contributed by atoms with Gasteiger partial charge in [0.05, 0.1) is 26.4 Å². The summed E-state index contributed by atoms with van der Waals surface area (Å²) < 4.78 is 23.3. The molecule has 0 spiro atoms. The van der Waals surface area contributed by atoms with E-state index in [1.54, 1.807) is 36.4 Å². The van der Waals surface area contributed by atoms with Crippen LogP contribution in [0.1, 0.15) is 59.9 Å². The van der Waals surface area contributed by atoms with Crippen molar-refractivity contribution in [3.8, 4) is 23.0 Å². The van der Waals surface area contributed by atoms with E-state index in [1.165, 1.54) is 12.1 Å². The molecule has 3 rings (SSSR count). The third-order valence-electron chi connectivity index (χ3n) is 5.65. The average molecular weight is 523 g/mol. The fraction of sp³-hybridized carbons (Fsp3) is 0.333. The zero-order valence-electron chi connectivity index (χ0n) is 21.9. The quantitative estimate of drug-likeness (QED) is 0.245. The molecule has 3 aromatic carbocycles. The lowest BCUT2D eigenvalue weighted by Crippen LogP contribution is -2.13. The highest BCUT2D eigenvalue weighted by molar-refractivity contribution is 5.91. The Kier molecular flexibility index (Phi) is 9.99. The zero-order valence-corrected chi connectivity index (χ0v) is 21.9. The molecule has 202 valence electrons. The van der Waals surface area contributed by atoms with Crippen LogP contribution in [-0.2, 0) is 5.41 Å². The second-order valence-electron chi connectivity index (χ2n) is 9.62. The van der Waals surface area contributed by atoms with E-state index >= 15 is 0 Å². The van der Waals surface area contributed by atoms with Crippen LogP contribution in [0, 0.1) is 0 Å². The number of benzene rings is 3. The maximum atomic E-state index is 11.3. The molecule has 0 fully saturated rings. The molecule has 0 unspecified atom stereocenters. The van der Waals surface area contributed by atoms with Gasteiger partial charge >= 0.3 is 11.9 Å². The number of rotatable bonds is 14. The van der Waals surface area contributed by atoms with Gasteiger partial charge in [-0.2, -0.15) is 0 Å². The summed E-state index contributed by atoms with van der Waals surface area (Å²) >= 11 is 0. The Hall–Kier alpha value is -4.20. The lowest BCUT2D eigenvalue weighted by Gasteiger charge is -2.21. The van der Waals surface area contributed by atoms with Crippen LogP contribution in [0.15, 0.2) is 66.7 Å². The normalized spacial score (nSPS) is 11.0. The molecule has 2 N–H and O–H groups in total. The van der Waals surface area contributed by atoms with E-state index < -0.39 is 11.9 Å². The number of hydrogen-bond donors (Lipinski definition) is 2. The molecule has 0 aliphatic carbocycles. The summed E-state index contributed by atoms with van der Waals surface area (Å²) in [7, 11) is 0. The highest BCUT2D eigenvalue weighted by Gasteiger charge is 2.17. The van der Waals surface area contributed by atoms with Crippen molar-refractivity contribution in [1.29, 1.82) is 0 Å². The molecule has 0 amide bonds. The van der Waals surface area contributed by atoms with Crippen LogP contribution >= 0.6 is 0 Å². The molecule has 38 heavy (non-hydrogen) atoms. The average Bonchev–Trinajstić information content (AvgIpc) is 2.88. The monoisotopic (exact) mass is 522 g/mol. The molecule has 0 aliphatic rings. The Balaban J connectivity index is 1.53. The molecular weight excluding hydrogens is 488 g/mol. The highest BCUT2D eigenvalue weighted by atomic mass is 16.5. The second-order valence-corrected chi connectivity index (χ2v) is 9.62. The first-order valence-corrected chi connectivity index (χ1v) is 12.5. The van der Waals surface area contributed by atoms with Gasteiger partial charge in [-0.1, -0.05) is 51.1 Å². The first kappa shape index (κ1) is 28.4. The second kappa shape index (κ2) is 13.4. The minimum Gasteiger partial charge on any atom is -0.493 e. The van der Waals surface area contributed by atoms with E-state index in [1.807, 2.05) is 18.2 Å². The standard InChI is InChI=1S/C30H34O8/c1-30(2,3)21-14-15-26(37-18-8-16-35-24-12-6-4-10-22(24)28(31)32)27(20-21)38-19-9-17-36-25-13-7-5-11-23(25)29(33)34/h4-7,10-15,20H,8-9,16-19H2,1-3H3,(H,31,32)(H,33,34). The van der Waals surface area contributed by atoms with Gasteiger partial charge in [-0.15, -0.1) is 0 Å². The number of carboxylic acids is 2. The van der Waals surface area contributed by atoms with E-state index in [-0.39, 0.29) is 16.5 Å². The third-order valence-corrected chi connectivity index (χ3v) is 5.65. The molecule has 0 aromatic heterocycles. The highest BCUT2D eigenvalue weighted by Crippen LogP contribution is 2.33. The van der Waals surface area contributed by atoms with Gasteiger partial charge in [0.1, 0.15) is 22.6 Å². The minimum absolute atomic E-state index is 0.0777. The molecule has 8 nitrogen and oxygen atoms in total. The molecular formula is C30H34O8. The fourth-order valence-corrected chi connectivity index (χ4v) is 3.59. The topological polar surface area (TPSA) is 112 Å². The minimum atomic E-state index is -1.03.